The van der Waals surface area contributed by atoms with Gasteiger partial charge in [-0.3, -0.25) is 0 Å². The van der Waals surface area contributed by atoms with Gasteiger partial charge in [0.05, 0.1) is 0 Å². The minimum Gasteiger partial charge on any atom is -0.456 e. The number of hydrogen-bond donors (Lipinski definition) is 0. The Labute approximate surface area is 843 Å². The molecule has 0 aliphatic heterocycles. The Bertz CT molecular complexity index is 7960. The normalized spacial score (nSPS) is 24.7. The van der Waals surface area contributed by atoms with Crippen LogP contribution >= 0.6 is 11.3 Å². The number of furan rings is 1. The lowest BCUT2D eigenvalue weighted by atomic mass is 9.43. The number of benzene rings is 18. The maximum absolute atomic E-state index is 6.16. The number of thiophene rings is 1. The molecule has 12 saturated carbocycles. The smallest absolute Gasteiger partial charge is 0.135 e. The van der Waals surface area contributed by atoms with Crippen LogP contribution in [0.2, 0.25) is 0 Å². The van der Waals surface area contributed by atoms with Crippen LogP contribution in [-0.2, 0) is 16.2 Å². The molecule has 0 amide bonds. The summed E-state index contributed by atoms with van der Waals surface area (Å²) < 4.78 is 8.83. The van der Waals surface area contributed by atoms with Crippen molar-refractivity contribution in [3.63, 3.8) is 0 Å². The number of hydrogen-bond acceptors (Lipinski definition) is 5. The molecular formula is C138H113N3OS. The van der Waals surface area contributed by atoms with Crippen LogP contribution in [0.1, 0.15) is 130 Å². The van der Waals surface area contributed by atoms with Crippen LogP contribution in [0.15, 0.2) is 435 Å². The quantitative estimate of drug-likeness (QED) is 0.115. The summed E-state index contributed by atoms with van der Waals surface area (Å²) in [6.45, 7) is 0. The summed E-state index contributed by atoms with van der Waals surface area (Å²) >= 11 is 1.87. The zero-order chi connectivity index (χ0) is 93.7. The highest BCUT2D eigenvalue weighted by atomic mass is 32.1. The van der Waals surface area contributed by atoms with Crippen molar-refractivity contribution in [2.75, 3.05) is 14.7 Å². The zero-order valence-electron chi connectivity index (χ0n) is 80.7. The third kappa shape index (κ3) is 13.2. The molecule has 692 valence electrons. The first-order chi connectivity index (χ1) is 70.7. The van der Waals surface area contributed by atoms with Crippen LogP contribution < -0.4 is 14.7 Å². The lowest BCUT2D eigenvalue weighted by molar-refractivity contribution is -0.0399. The van der Waals surface area contributed by atoms with E-state index in [2.05, 4.69) is 433 Å². The monoisotopic (exact) mass is 1860 g/mol. The number of fused-ring (bicyclic) bond motifs is 15. The van der Waals surface area contributed by atoms with Gasteiger partial charge in [0, 0.05) is 98.4 Å². The summed E-state index contributed by atoms with van der Waals surface area (Å²) in [5, 5.41) is 4.93. The van der Waals surface area contributed by atoms with Crippen LogP contribution in [0.4, 0.5) is 51.2 Å². The summed E-state index contributed by atoms with van der Waals surface area (Å²) in [5.74, 6) is 10.6. The topological polar surface area (TPSA) is 22.9 Å². The minimum atomic E-state index is 0.222. The minimum absolute atomic E-state index is 0.222. The highest BCUT2D eigenvalue weighted by Gasteiger charge is 2.65. The molecule has 12 fully saturated rings. The molecule has 35 rings (SSSR count). The van der Waals surface area contributed by atoms with Gasteiger partial charge >= 0.3 is 0 Å². The molecular weight excluding hydrogens is 1750 g/mol. The Morgan fingerprint density at radius 2 is 0.448 bits per heavy atom. The van der Waals surface area contributed by atoms with Crippen LogP contribution in [-0.4, -0.2) is 0 Å². The molecule has 4 nitrogen and oxygen atoms in total. The van der Waals surface area contributed by atoms with Gasteiger partial charge in [0.2, 0.25) is 0 Å². The van der Waals surface area contributed by atoms with Gasteiger partial charge in [-0.15, -0.1) is 11.3 Å². The van der Waals surface area contributed by atoms with E-state index in [1.54, 1.807) is 33.4 Å². The van der Waals surface area contributed by atoms with Crippen molar-refractivity contribution >= 4 is 105 Å². The molecule has 12 bridgehead atoms. The molecule has 20 aromatic rings. The first kappa shape index (κ1) is 84.1. The Hall–Kier alpha value is -14.6. The third-order valence-corrected chi connectivity index (χ3v) is 38.7. The second-order valence-electron chi connectivity index (χ2n) is 44.6. The van der Waals surface area contributed by atoms with Gasteiger partial charge in [-0.05, 0) is 430 Å². The van der Waals surface area contributed by atoms with Crippen molar-refractivity contribution < 1.29 is 4.42 Å². The molecule has 143 heavy (non-hydrogen) atoms. The van der Waals surface area contributed by atoms with Crippen molar-refractivity contribution in [3.8, 4) is 77.9 Å². The van der Waals surface area contributed by atoms with Crippen molar-refractivity contribution in [2.45, 2.75) is 113 Å². The van der Waals surface area contributed by atoms with E-state index < -0.39 is 0 Å². The maximum Gasteiger partial charge on any atom is 0.135 e. The SMILES string of the molecule is c1ccc(-c2cccc(N(c3ccccc3)c3ccc(-c4ccc5c(c4)-c4ccccc4C54C5CC6CC(C5)CC4C6)cc3)c2)cc1.c1ccc(N(c2ccc(-c3ccc4c(c3)-c3ccccc3C43C4CC5CC(C4)CC3C5)cc2)c2ccc3oc4ccccc4c3c2)cc1.c1ccc(N(c2ccc(-c3ccc4c(c3)-c3ccccc3C43C4CC5CC(C4)CC3C5)cc2)c2ccc3sc4ccccc4c3c2)cc1. The lowest BCUT2D eigenvalue weighted by Crippen LogP contribution is -2.55. The van der Waals surface area contributed by atoms with Gasteiger partial charge in [0.1, 0.15) is 11.2 Å². The van der Waals surface area contributed by atoms with Gasteiger partial charge in [0.25, 0.3) is 0 Å². The fraction of sp³-hybridized carbons (Fsp3) is 0.217. The largest absolute Gasteiger partial charge is 0.456 e. The first-order valence-electron chi connectivity index (χ1n) is 53.3. The molecule has 0 radical (unpaired) electrons. The number of anilines is 9. The van der Waals surface area contributed by atoms with Crippen LogP contribution in [0, 0.1) is 71.0 Å². The van der Waals surface area contributed by atoms with E-state index in [-0.39, 0.29) is 16.2 Å². The average Bonchev–Trinajstić information content (AvgIpc) is 1.54. The van der Waals surface area contributed by atoms with E-state index >= 15 is 0 Å². The second-order valence-corrected chi connectivity index (χ2v) is 45.6. The molecule has 0 saturated heterocycles. The van der Waals surface area contributed by atoms with Gasteiger partial charge in [-0.1, -0.05) is 279 Å². The lowest BCUT2D eigenvalue weighted by Gasteiger charge is -2.61. The predicted octanol–water partition coefficient (Wildman–Crippen LogP) is 37.6. The Morgan fingerprint density at radius 3 is 0.860 bits per heavy atom. The molecule has 15 aliphatic rings. The van der Waals surface area contributed by atoms with E-state index in [1.165, 1.54) is 211 Å². The van der Waals surface area contributed by atoms with Gasteiger partial charge in [-0.2, -0.15) is 0 Å². The Balaban J connectivity index is 0.000000100. The highest BCUT2D eigenvalue weighted by molar-refractivity contribution is 7.25. The Morgan fingerprint density at radius 1 is 0.175 bits per heavy atom. The maximum atomic E-state index is 6.16. The number of para-hydroxylation sites is 4. The highest BCUT2D eigenvalue weighted by Crippen LogP contribution is 2.74. The summed E-state index contributed by atoms with van der Waals surface area (Å²) in [6, 6.07) is 161. The van der Waals surface area contributed by atoms with Crippen molar-refractivity contribution in [2.24, 2.45) is 71.0 Å². The third-order valence-electron chi connectivity index (χ3n) is 37.5. The Kier molecular flexibility index (Phi) is 19.6. The molecule has 15 aliphatic carbocycles. The van der Waals surface area contributed by atoms with E-state index in [0.29, 0.717) is 0 Å². The van der Waals surface area contributed by atoms with Crippen molar-refractivity contribution in [1.29, 1.82) is 0 Å². The van der Waals surface area contributed by atoms with Gasteiger partial charge in [0.15, 0.2) is 0 Å². The second kappa shape index (κ2) is 33.2. The van der Waals surface area contributed by atoms with E-state index in [9.17, 15) is 0 Å². The summed E-state index contributed by atoms with van der Waals surface area (Å²) in [6.07, 6.45) is 21.6. The molecule has 2 aromatic heterocycles. The van der Waals surface area contributed by atoms with Crippen LogP contribution in [0.25, 0.3) is 120 Å². The first-order valence-corrected chi connectivity index (χ1v) is 54.1. The van der Waals surface area contributed by atoms with Gasteiger partial charge in [-0.25, -0.2) is 0 Å². The number of nitrogens with zero attached hydrogens (tertiary/aromatic N) is 3. The van der Waals surface area contributed by atoms with E-state index in [1.807, 2.05) is 23.5 Å². The summed E-state index contributed by atoms with van der Waals surface area (Å²) in [7, 11) is 0. The van der Waals surface area contributed by atoms with Crippen molar-refractivity contribution in [1.82, 2.24) is 0 Å². The van der Waals surface area contributed by atoms with Crippen LogP contribution in [0.5, 0.6) is 0 Å². The number of rotatable bonds is 13. The van der Waals surface area contributed by atoms with E-state index in [4.69, 9.17) is 4.42 Å². The van der Waals surface area contributed by atoms with E-state index in [0.717, 1.165) is 127 Å². The summed E-state index contributed by atoms with van der Waals surface area (Å²) in [5.41, 5.74) is 41.7. The predicted molar refractivity (Wildman–Crippen MR) is 595 cm³/mol. The summed E-state index contributed by atoms with van der Waals surface area (Å²) in [4.78, 5) is 7.11. The van der Waals surface area contributed by atoms with Gasteiger partial charge < -0.3 is 19.1 Å². The van der Waals surface area contributed by atoms with Crippen molar-refractivity contribution in [3.05, 3.63) is 464 Å². The molecule has 0 atom stereocenters. The molecule has 0 N–H and O–H groups in total. The molecule has 0 unspecified atom stereocenters. The molecule has 3 spiro atoms. The fourth-order valence-electron chi connectivity index (χ4n) is 32.7. The fourth-order valence-corrected chi connectivity index (χ4v) is 33.7. The molecule has 5 heteroatoms. The standard InChI is InChI=1S/C46H37NO.C46H37NS.C46H39N/c2*1-2-8-35(9-3-1)47(37-19-21-45-41(28-37)39-11-5-7-13-44(39)48-45)36-17-14-31(15-18-36)32-16-20-43-40(27-32)38-10-4-6-12-42(38)46(43)33-23-29-22-30(25-33)26-34(46)24-29;1-3-10-33(11-4-1)35-12-9-15-41(29-35)47(39-13-5-2-6-14-39)40-21-18-34(19-22-40)36-20-23-45-43(30-36)42-16-7-8-17-44(42)46(45)37-25-31-24-32(27-37)28-38(46)26-31/h2*1-21,27-30,33-34H,22-26H2;1-23,29-32,37-38H,24-28H2. The average molecular weight is 1860 g/mol. The van der Waals surface area contributed by atoms with Crippen LogP contribution in [0.3, 0.4) is 0 Å². The molecule has 2 heterocycles. The molecule has 18 aromatic carbocycles. The zero-order valence-corrected chi connectivity index (χ0v) is 81.5.